The molecule has 1 aliphatic heterocycles. The molecule has 1 aromatic rings. The third kappa shape index (κ3) is 2.78. The largest absolute Gasteiger partial charge is 0.496 e. The Kier molecular flexibility index (Phi) is 4.53. The van der Waals surface area contributed by atoms with E-state index in [4.69, 9.17) is 15.2 Å². The first-order valence-electron chi connectivity index (χ1n) is 6.86. The Balaban J connectivity index is 2.46. The summed E-state index contributed by atoms with van der Waals surface area (Å²) in [4.78, 5) is 2.27. The number of hydrogen-bond donors (Lipinski definition) is 1. The van der Waals surface area contributed by atoms with Crippen LogP contribution in [0.15, 0.2) is 12.1 Å². The smallest absolute Gasteiger partial charge is 0.142 e. The quantitative estimate of drug-likeness (QED) is 0.904. The van der Waals surface area contributed by atoms with Crippen LogP contribution in [0.5, 0.6) is 11.5 Å². The van der Waals surface area contributed by atoms with E-state index in [2.05, 4.69) is 11.9 Å². The van der Waals surface area contributed by atoms with Gasteiger partial charge < -0.3 is 20.1 Å². The van der Waals surface area contributed by atoms with Crippen molar-refractivity contribution in [3.05, 3.63) is 17.7 Å². The topological polar surface area (TPSA) is 47.7 Å². The van der Waals surface area contributed by atoms with Crippen LogP contribution < -0.4 is 20.1 Å². The molecule has 1 aromatic carbocycles. The number of rotatable bonds is 4. The van der Waals surface area contributed by atoms with Crippen LogP contribution in [0.4, 0.5) is 5.69 Å². The standard InChI is InChI=1S/C15H24N2O2/c1-17-9-7-11(6-8-16)10-12-13(18-2)4-5-14(19-3)15(12)17/h4-5,11H,6-10,16H2,1-3H3. The van der Waals surface area contributed by atoms with Gasteiger partial charge in [-0.25, -0.2) is 0 Å². The van der Waals surface area contributed by atoms with Gasteiger partial charge in [0, 0.05) is 19.2 Å². The minimum atomic E-state index is 0.620. The molecule has 0 radical (unpaired) electrons. The molecular weight excluding hydrogens is 240 g/mol. The number of ether oxygens (including phenoxy) is 2. The first-order valence-corrected chi connectivity index (χ1v) is 6.86. The fourth-order valence-electron chi connectivity index (χ4n) is 2.93. The maximum atomic E-state index is 5.72. The first kappa shape index (κ1) is 14.0. The monoisotopic (exact) mass is 264 g/mol. The second-order valence-electron chi connectivity index (χ2n) is 5.15. The van der Waals surface area contributed by atoms with Gasteiger partial charge in [-0.3, -0.25) is 0 Å². The number of benzene rings is 1. The van der Waals surface area contributed by atoms with Gasteiger partial charge in [0.1, 0.15) is 11.5 Å². The van der Waals surface area contributed by atoms with E-state index in [1.165, 1.54) is 11.3 Å². The normalized spacial score (nSPS) is 18.7. The number of nitrogens with two attached hydrogens (primary N) is 1. The highest BCUT2D eigenvalue weighted by Gasteiger charge is 2.25. The van der Waals surface area contributed by atoms with E-state index in [1.807, 2.05) is 12.1 Å². The Bertz CT molecular complexity index is 434. The van der Waals surface area contributed by atoms with Crippen LogP contribution >= 0.6 is 0 Å². The van der Waals surface area contributed by atoms with Gasteiger partial charge >= 0.3 is 0 Å². The lowest BCUT2D eigenvalue weighted by molar-refractivity contribution is 0.394. The maximum absolute atomic E-state index is 5.72. The molecule has 0 bridgehead atoms. The molecular formula is C15H24N2O2. The molecule has 0 aliphatic carbocycles. The first-order chi connectivity index (χ1) is 9.21. The summed E-state index contributed by atoms with van der Waals surface area (Å²) in [6.45, 7) is 1.77. The lowest BCUT2D eigenvalue weighted by atomic mass is 9.93. The molecule has 4 nitrogen and oxygen atoms in total. The highest BCUT2D eigenvalue weighted by Crippen LogP contribution is 2.41. The van der Waals surface area contributed by atoms with Gasteiger partial charge in [-0.1, -0.05) is 0 Å². The van der Waals surface area contributed by atoms with Gasteiger partial charge in [0.15, 0.2) is 0 Å². The summed E-state index contributed by atoms with van der Waals surface area (Å²) in [7, 11) is 5.56. The van der Waals surface area contributed by atoms with Crippen LogP contribution in [0.25, 0.3) is 0 Å². The summed E-state index contributed by atoms with van der Waals surface area (Å²) in [5, 5.41) is 0. The van der Waals surface area contributed by atoms with Crippen LogP contribution in [0.3, 0.4) is 0 Å². The van der Waals surface area contributed by atoms with Crippen LogP contribution in [0.1, 0.15) is 18.4 Å². The molecule has 0 fully saturated rings. The van der Waals surface area contributed by atoms with Crippen LogP contribution in [-0.2, 0) is 6.42 Å². The number of hydrogen-bond acceptors (Lipinski definition) is 4. The molecule has 1 unspecified atom stereocenters. The van der Waals surface area contributed by atoms with E-state index in [1.54, 1.807) is 14.2 Å². The van der Waals surface area contributed by atoms with Crippen LogP contribution in [0, 0.1) is 5.92 Å². The summed E-state index contributed by atoms with van der Waals surface area (Å²) >= 11 is 0. The summed E-state index contributed by atoms with van der Waals surface area (Å²) in [6.07, 6.45) is 3.24. The van der Waals surface area contributed by atoms with E-state index >= 15 is 0 Å². The molecule has 2 N–H and O–H groups in total. The molecule has 19 heavy (non-hydrogen) atoms. The van der Waals surface area contributed by atoms with Crippen LogP contribution in [0.2, 0.25) is 0 Å². The molecule has 106 valence electrons. The second-order valence-corrected chi connectivity index (χ2v) is 5.15. The maximum Gasteiger partial charge on any atom is 0.142 e. The molecule has 1 atom stereocenters. The average molecular weight is 264 g/mol. The molecule has 4 heteroatoms. The summed E-state index contributed by atoms with van der Waals surface area (Å²) in [6, 6.07) is 3.98. The molecule has 0 amide bonds. The van der Waals surface area contributed by atoms with Crippen molar-refractivity contribution < 1.29 is 9.47 Å². The van der Waals surface area contributed by atoms with Crippen molar-refractivity contribution in [1.29, 1.82) is 0 Å². The van der Waals surface area contributed by atoms with Gasteiger partial charge in [-0.2, -0.15) is 0 Å². The Morgan fingerprint density at radius 3 is 2.58 bits per heavy atom. The lowest BCUT2D eigenvalue weighted by Gasteiger charge is -2.23. The zero-order valence-electron chi connectivity index (χ0n) is 12.1. The fraction of sp³-hybridized carbons (Fsp3) is 0.600. The second kappa shape index (κ2) is 6.15. The number of nitrogens with zero attached hydrogens (tertiary/aromatic N) is 1. The third-order valence-corrected chi connectivity index (χ3v) is 3.96. The predicted octanol–water partition coefficient (Wildman–Crippen LogP) is 2.05. The minimum absolute atomic E-state index is 0.620. The van der Waals surface area contributed by atoms with Gasteiger partial charge in [-0.15, -0.1) is 0 Å². The van der Waals surface area contributed by atoms with Crippen molar-refractivity contribution in [3.8, 4) is 11.5 Å². The van der Waals surface area contributed by atoms with Crippen molar-refractivity contribution in [2.45, 2.75) is 19.3 Å². The molecule has 1 aliphatic rings. The van der Waals surface area contributed by atoms with Crippen molar-refractivity contribution in [2.24, 2.45) is 11.7 Å². The molecule has 0 saturated carbocycles. The predicted molar refractivity (Wildman–Crippen MR) is 78.3 cm³/mol. The Hall–Kier alpha value is -1.42. The van der Waals surface area contributed by atoms with Crippen molar-refractivity contribution in [3.63, 3.8) is 0 Å². The molecule has 2 rings (SSSR count). The Morgan fingerprint density at radius 2 is 1.95 bits per heavy atom. The third-order valence-electron chi connectivity index (χ3n) is 3.96. The van der Waals surface area contributed by atoms with E-state index in [9.17, 15) is 0 Å². The SMILES string of the molecule is COc1ccc(OC)c2c1CC(CCN)CCN2C. The minimum Gasteiger partial charge on any atom is -0.496 e. The number of fused-ring (bicyclic) bond motifs is 1. The average Bonchev–Trinajstić information content (AvgIpc) is 2.59. The summed E-state index contributed by atoms with van der Waals surface area (Å²) < 4.78 is 11.0. The van der Waals surface area contributed by atoms with E-state index < -0.39 is 0 Å². The van der Waals surface area contributed by atoms with Crippen LogP contribution in [-0.4, -0.2) is 34.4 Å². The Morgan fingerprint density at radius 1 is 1.26 bits per heavy atom. The van der Waals surface area contributed by atoms with Crippen molar-refractivity contribution in [2.75, 3.05) is 39.3 Å². The van der Waals surface area contributed by atoms with Gasteiger partial charge in [0.25, 0.3) is 0 Å². The zero-order valence-corrected chi connectivity index (χ0v) is 12.1. The van der Waals surface area contributed by atoms with Gasteiger partial charge in [0.05, 0.1) is 19.9 Å². The summed E-state index contributed by atoms with van der Waals surface area (Å²) in [5.41, 5.74) is 8.14. The highest BCUT2D eigenvalue weighted by atomic mass is 16.5. The Labute approximate surface area is 115 Å². The van der Waals surface area contributed by atoms with Crippen molar-refractivity contribution in [1.82, 2.24) is 0 Å². The van der Waals surface area contributed by atoms with Gasteiger partial charge in [-0.05, 0) is 43.9 Å². The lowest BCUT2D eigenvalue weighted by Crippen LogP contribution is -2.20. The highest BCUT2D eigenvalue weighted by molar-refractivity contribution is 5.68. The number of anilines is 1. The van der Waals surface area contributed by atoms with E-state index in [-0.39, 0.29) is 0 Å². The number of methoxy groups -OCH3 is 2. The van der Waals surface area contributed by atoms with E-state index in [0.717, 1.165) is 43.9 Å². The van der Waals surface area contributed by atoms with E-state index in [0.29, 0.717) is 5.92 Å². The fourth-order valence-corrected chi connectivity index (χ4v) is 2.93. The zero-order chi connectivity index (χ0) is 13.8. The summed E-state index contributed by atoms with van der Waals surface area (Å²) in [5.74, 6) is 2.49. The molecule has 0 spiro atoms. The van der Waals surface area contributed by atoms with Crippen molar-refractivity contribution >= 4 is 5.69 Å². The molecule has 0 aromatic heterocycles. The van der Waals surface area contributed by atoms with Gasteiger partial charge in [0.2, 0.25) is 0 Å². The molecule has 1 heterocycles. The molecule has 0 saturated heterocycles.